The minimum Gasteiger partial charge on any atom is -0.488 e. The van der Waals surface area contributed by atoms with Gasteiger partial charge in [0.2, 0.25) is 0 Å². The molecule has 29 heavy (non-hydrogen) atoms. The lowest BCUT2D eigenvalue weighted by Gasteiger charge is -2.21. The first-order valence-corrected chi connectivity index (χ1v) is 10.1. The number of fused-ring (bicyclic) bond motifs is 1. The van der Waals surface area contributed by atoms with E-state index < -0.39 is 0 Å². The second-order valence-corrected chi connectivity index (χ2v) is 7.54. The fraction of sp³-hybridized carbons (Fsp3) is 0.391. The van der Waals surface area contributed by atoms with Crippen LogP contribution in [0.4, 0.5) is 0 Å². The number of piperidine rings is 1. The van der Waals surface area contributed by atoms with Crippen LogP contribution in [0.1, 0.15) is 41.6 Å². The Balaban J connectivity index is 1.48. The maximum absolute atomic E-state index is 9.91. The molecule has 6 heteroatoms. The number of ether oxygens (including phenoxy) is 1. The molecule has 0 radical (unpaired) electrons. The normalized spacial score (nSPS) is 14.8. The van der Waals surface area contributed by atoms with E-state index in [4.69, 9.17) is 14.5 Å². The molecule has 1 aliphatic rings. The summed E-state index contributed by atoms with van der Waals surface area (Å²) in [5.74, 6) is 1.32. The first-order chi connectivity index (χ1) is 14.3. The third-order valence-corrected chi connectivity index (χ3v) is 5.66. The van der Waals surface area contributed by atoms with Gasteiger partial charge in [-0.15, -0.1) is 0 Å². The highest BCUT2D eigenvalue weighted by molar-refractivity contribution is 5.84. The maximum atomic E-state index is 9.91. The molecule has 0 spiro atoms. The number of hydrogen-bond donors (Lipinski definition) is 2. The lowest BCUT2D eigenvalue weighted by atomic mass is 9.92. The molecule has 150 valence electrons. The van der Waals surface area contributed by atoms with Crippen LogP contribution < -0.4 is 10.1 Å². The lowest BCUT2D eigenvalue weighted by molar-refractivity contribution is 0.258. The number of rotatable bonds is 7. The molecule has 2 aromatic carbocycles. The van der Waals surface area contributed by atoms with Crippen molar-refractivity contribution < 1.29 is 14.4 Å². The number of aryl methyl sites for hydroxylation is 1. The number of aliphatic hydroxyl groups is 1. The second kappa shape index (κ2) is 9.08. The van der Waals surface area contributed by atoms with Gasteiger partial charge in [0.1, 0.15) is 12.4 Å². The summed E-state index contributed by atoms with van der Waals surface area (Å²) in [4.78, 5) is 0. The molecule has 6 nitrogen and oxygen atoms in total. The number of aliphatic hydroxyl groups excluding tert-OH is 1. The topological polar surface area (TPSA) is 91.3 Å². The van der Waals surface area contributed by atoms with Gasteiger partial charge in [0.25, 0.3) is 0 Å². The molecule has 0 atom stereocenters. The van der Waals surface area contributed by atoms with E-state index in [0.717, 1.165) is 48.5 Å². The number of nitrogens with zero attached hydrogens (tertiary/aromatic N) is 2. The number of benzene rings is 2. The molecule has 0 aliphatic carbocycles. The van der Waals surface area contributed by atoms with Crippen LogP contribution in [0.5, 0.6) is 5.75 Å². The van der Waals surface area contributed by atoms with Gasteiger partial charge in [-0.25, -0.2) is 0 Å². The summed E-state index contributed by atoms with van der Waals surface area (Å²) < 4.78 is 11.5. The Morgan fingerprint density at radius 1 is 1.17 bits per heavy atom. The molecule has 3 aromatic rings. The standard InChI is InChI=1S/C23H25N3O3/c24-13-17-1-3-18(4-2-17)15-28-22-8-6-19-21(26-29-23(19)20(22)14-27)7-5-16-9-11-25-12-10-16/h1-4,6,8,16,25,27H,5,7,9-12,14-15H2. The molecule has 1 fully saturated rings. The Labute approximate surface area is 170 Å². The molecule has 0 unspecified atom stereocenters. The van der Waals surface area contributed by atoms with Gasteiger partial charge in [-0.3, -0.25) is 0 Å². The van der Waals surface area contributed by atoms with Crippen LogP contribution in [0.25, 0.3) is 11.0 Å². The van der Waals surface area contributed by atoms with Crippen molar-refractivity contribution in [2.45, 2.75) is 38.9 Å². The Hall–Kier alpha value is -2.88. The number of nitrogens with one attached hydrogen (secondary N) is 1. The SMILES string of the molecule is N#Cc1ccc(COc2ccc3c(CCC4CCNCC4)noc3c2CO)cc1. The molecule has 0 amide bonds. The fourth-order valence-electron chi connectivity index (χ4n) is 3.90. The fourth-order valence-corrected chi connectivity index (χ4v) is 3.90. The van der Waals surface area contributed by atoms with Crippen LogP contribution in [0, 0.1) is 17.2 Å². The van der Waals surface area contributed by atoms with E-state index in [1.165, 1.54) is 12.8 Å². The van der Waals surface area contributed by atoms with Crippen molar-refractivity contribution in [2.75, 3.05) is 13.1 Å². The minimum absolute atomic E-state index is 0.178. The smallest absolute Gasteiger partial charge is 0.176 e. The van der Waals surface area contributed by atoms with E-state index in [1.54, 1.807) is 12.1 Å². The van der Waals surface area contributed by atoms with Gasteiger partial charge in [-0.05, 0) is 74.5 Å². The van der Waals surface area contributed by atoms with Gasteiger partial charge in [0, 0.05) is 5.39 Å². The zero-order valence-corrected chi connectivity index (χ0v) is 16.4. The number of hydrogen-bond acceptors (Lipinski definition) is 6. The Kier molecular flexibility index (Phi) is 6.09. The average molecular weight is 391 g/mol. The van der Waals surface area contributed by atoms with Crippen LogP contribution in [-0.2, 0) is 19.6 Å². The van der Waals surface area contributed by atoms with Crippen LogP contribution >= 0.6 is 0 Å². The third kappa shape index (κ3) is 4.42. The summed E-state index contributed by atoms with van der Waals surface area (Å²) in [5, 5.41) is 27.4. The summed E-state index contributed by atoms with van der Waals surface area (Å²) in [5.41, 5.74) is 3.74. The molecule has 2 heterocycles. The predicted molar refractivity (Wildman–Crippen MR) is 109 cm³/mol. The highest BCUT2D eigenvalue weighted by Crippen LogP contribution is 2.32. The van der Waals surface area contributed by atoms with Crippen molar-refractivity contribution >= 4 is 11.0 Å². The molecular weight excluding hydrogens is 366 g/mol. The van der Waals surface area contributed by atoms with E-state index in [-0.39, 0.29) is 6.61 Å². The molecule has 1 aliphatic heterocycles. The van der Waals surface area contributed by atoms with Crippen LogP contribution in [0.3, 0.4) is 0 Å². The van der Waals surface area contributed by atoms with Gasteiger partial charge in [0.15, 0.2) is 5.58 Å². The van der Waals surface area contributed by atoms with Gasteiger partial charge in [-0.2, -0.15) is 5.26 Å². The zero-order chi connectivity index (χ0) is 20.1. The summed E-state index contributed by atoms with van der Waals surface area (Å²) in [6, 6.07) is 13.2. The molecule has 1 aromatic heterocycles. The van der Waals surface area contributed by atoms with Crippen molar-refractivity contribution in [1.82, 2.24) is 10.5 Å². The zero-order valence-electron chi connectivity index (χ0n) is 16.4. The maximum Gasteiger partial charge on any atom is 0.176 e. The Morgan fingerprint density at radius 3 is 2.69 bits per heavy atom. The average Bonchev–Trinajstić information content (AvgIpc) is 3.20. The number of nitriles is 1. The molecule has 1 saturated heterocycles. The van der Waals surface area contributed by atoms with E-state index in [0.29, 0.717) is 29.1 Å². The molecule has 0 bridgehead atoms. The lowest BCUT2D eigenvalue weighted by Crippen LogP contribution is -2.27. The minimum atomic E-state index is -0.178. The molecule has 2 N–H and O–H groups in total. The first kappa shape index (κ1) is 19.4. The van der Waals surface area contributed by atoms with Crippen LogP contribution in [0.2, 0.25) is 0 Å². The molecular formula is C23H25N3O3. The quantitative estimate of drug-likeness (QED) is 0.638. The third-order valence-electron chi connectivity index (χ3n) is 5.66. The monoisotopic (exact) mass is 391 g/mol. The van der Waals surface area contributed by atoms with Gasteiger partial charge in [0.05, 0.1) is 29.5 Å². The van der Waals surface area contributed by atoms with E-state index in [9.17, 15) is 5.11 Å². The van der Waals surface area contributed by atoms with Crippen molar-refractivity contribution in [3.05, 3.63) is 58.8 Å². The van der Waals surface area contributed by atoms with Crippen molar-refractivity contribution in [2.24, 2.45) is 5.92 Å². The van der Waals surface area contributed by atoms with Gasteiger partial charge < -0.3 is 19.7 Å². The molecule has 0 saturated carbocycles. The van der Waals surface area contributed by atoms with Crippen LogP contribution in [-0.4, -0.2) is 23.4 Å². The highest BCUT2D eigenvalue weighted by atomic mass is 16.5. The van der Waals surface area contributed by atoms with Crippen molar-refractivity contribution in [1.29, 1.82) is 5.26 Å². The van der Waals surface area contributed by atoms with E-state index in [1.807, 2.05) is 24.3 Å². The van der Waals surface area contributed by atoms with Gasteiger partial charge >= 0.3 is 0 Å². The second-order valence-electron chi connectivity index (χ2n) is 7.54. The number of aromatic nitrogens is 1. The van der Waals surface area contributed by atoms with Gasteiger partial charge in [-0.1, -0.05) is 17.3 Å². The van der Waals surface area contributed by atoms with Crippen molar-refractivity contribution in [3.8, 4) is 11.8 Å². The summed E-state index contributed by atoms with van der Waals surface area (Å²) in [6.07, 6.45) is 4.42. The van der Waals surface area contributed by atoms with Crippen molar-refractivity contribution in [3.63, 3.8) is 0 Å². The molecule has 4 rings (SSSR count). The summed E-state index contributed by atoms with van der Waals surface area (Å²) >= 11 is 0. The first-order valence-electron chi connectivity index (χ1n) is 10.1. The predicted octanol–water partition coefficient (Wildman–Crippen LogP) is 3.70. The Bertz CT molecular complexity index is 999. The van der Waals surface area contributed by atoms with Crippen LogP contribution in [0.15, 0.2) is 40.9 Å². The Morgan fingerprint density at radius 2 is 1.97 bits per heavy atom. The highest BCUT2D eigenvalue weighted by Gasteiger charge is 2.18. The largest absolute Gasteiger partial charge is 0.488 e. The van der Waals surface area contributed by atoms with E-state index >= 15 is 0 Å². The van der Waals surface area contributed by atoms with E-state index in [2.05, 4.69) is 16.5 Å². The summed E-state index contributed by atoms with van der Waals surface area (Å²) in [7, 11) is 0. The summed E-state index contributed by atoms with van der Waals surface area (Å²) in [6.45, 7) is 2.36.